The van der Waals surface area contributed by atoms with Gasteiger partial charge in [-0.2, -0.15) is 0 Å². The number of hydrogen-bond acceptors (Lipinski definition) is 4. The molecule has 1 heterocycles. The van der Waals surface area contributed by atoms with Gasteiger partial charge in [0.05, 0.1) is 13.0 Å². The van der Waals surface area contributed by atoms with Crippen molar-refractivity contribution in [2.75, 3.05) is 13.7 Å². The van der Waals surface area contributed by atoms with Crippen LogP contribution in [-0.2, 0) is 16.0 Å². The standard InChI is InChI=1S/C12H18N2O2/c1-8-4-5-10(9(2)14-8)6-11(7-13)12(15)16-3/h4-5,11H,6-7,13H2,1-3H3. The van der Waals surface area contributed by atoms with Gasteiger partial charge in [0.25, 0.3) is 0 Å². The van der Waals surface area contributed by atoms with Gasteiger partial charge in [-0.05, 0) is 31.9 Å². The number of carbonyl (C=O) groups excluding carboxylic acids is 1. The lowest BCUT2D eigenvalue weighted by Gasteiger charge is -2.13. The molecule has 1 aromatic heterocycles. The number of nitrogens with two attached hydrogens (primary N) is 1. The van der Waals surface area contributed by atoms with Crippen LogP contribution in [0, 0.1) is 19.8 Å². The summed E-state index contributed by atoms with van der Waals surface area (Å²) in [6, 6.07) is 3.93. The van der Waals surface area contributed by atoms with Crippen molar-refractivity contribution in [3.8, 4) is 0 Å². The lowest BCUT2D eigenvalue weighted by atomic mass is 9.98. The van der Waals surface area contributed by atoms with Gasteiger partial charge >= 0.3 is 5.97 Å². The lowest BCUT2D eigenvalue weighted by molar-refractivity contribution is -0.145. The second kappa shape index (κ2) is 5.61. The summed E-state index contributed by atoms with van der Waals surface area (Å²) in [4.78, 5) is 15.8. The van der Waals surface area contributed by atoms with Gasteiger partial charge < -0.3 is 10.5 Å². The maximum Gasteiger partial charge on any atom is 0.310 e. The Balaban J connectivity index is 2.82. The van der Waals surface area contributed by atoms with Crippen LogP contribution in [0.3, 0.4) is 0 Å². The Bertz CT molecular complexity index is 377. The summed E-state index contributed by atoms with van der Waals surface area (Å²) in [5.74, 6) is -0.546. The van der Waals surface area contributed by atoms with Crippen LogP contribution in [0.4, 0.5) is 0 Å². The van der Waals surface area contributed by atoms with Crippen LogP contribution in [0.5, 0.6) is 0 Å². The number of aryl methyl sites for hydroxylation is 2. The van der Waals surface area contributed by atoms with Crippen LogP contribution in [0.25, 0.3) is 0 Å². The fourth-order valence-electron chi connectivity index (χ4n) is 1.63. The van der Waals surface area contributed by atoms with E-state index in [1.165, 1.54) is 7.11 Å². The summed E-state index contributed by atoms with van der Waals surface area (Å²) < 4.78 is 4.70. The molecule has 4 heteroatoms. The van der Waals surface area contributed by atoms with Crippen LogP contribution in [0.1, 0.15) is 17.0 Å². The molecular formula is C12H18N2O2. The van der Waals surface area contributed by atoms with Crippen LogP contribution in [-0.4, -0.2) is 24.6 Å². The molecule has 0 bridgehead atoms. The number of rotatable bonds is 4. The third-order valence-corrected chi connectivity index (χ3v) is 2.62. The Morgan fingerprint density at radius 1 is 1.50 bits per heavy atom. The Kier molecular flexibility index (Phi) is 4.43. The van der Waals surface area contributed by atoms with E-state index < -0.39 is 0 Å². The molecule has 0 aromatic carbocycles. The lowest BCUT2D eigenvalue weighted by Crippen LogP contribution is -2.27. The molecule has 0 saturated carbocycles. The molecular weight excluding hydrogens is 204 g/mol. The van der Waals surface area contributed by atoms with Gasteiger partial charge in [-0.15, -0.1) is 0 Å². The topological polar surface area (TPSA) is 65.2 Å². The van der Waals surface area contributed by atoms with E-state index in [2.05, 4.69) is 4.98 Å². The minimum Gasteiger partial charge on any atom is -0.469 e. The first-order chi connectivity index (χ1) is 7.58. The molecule has 88 valence electrons. The third-order valence-electron chi connectivity index (χ3n) is 2.62. The summed E-state index contributed by atoms with van der Waals surface area (Å²) in [6.07, 6.45) is 0.586. The fraction of sp³-hybridized carbons (Fsp3) is 0.500. The van der Waals surface area contributed by atoms with Gasteiger partial charge in [0.15, 0.2) is 0 Å². The van der Waals surface area contributed by atoms with Crippen molar-refractivity contribution in [3.63, 3.8) is 0 Å². The average molecular weight is 222 g/mol. The fourth-order valence-corrected chi connectivity index (χ4v) is 1.63. The summed E-state index contributed by atoms with van der Waals surface area (Å²) in [6.45, 7) is 4.17. The summed E-state index contributed by atoms with van der Waals surface area (Å²) in [5, 5.41) is 0. The molecule has 0 radical (unpaired) electrons. The van der Waals surface area contributed by atoms with E-state index in [4.69, 9.17) is 10.5 Å². The minimum absolute atomic E-state index is 0.262. The molecule has 1 aromatic rings. The second-order valence-corrected chi connectivity index (χ2v) is 3.86. The molecule has 1 rings (SSSR count). The predicted molar refractivity (Wildman–Crippen MR) is 62.0 cm³/mol. The van der Waals surface area contributed by atoms with Crippen molar-refractivity contribution in [2.45, 2.75) is 20.3 Å². The van der Waals surface area contributed by atoms with E-state index in [9.17, 15) is 4.79 Å². The Morgan fingerprint density at radius 3 is 2.69 bits per heavy atom. The van der Waals surface area contributed by atoms with Gasteiger partial charge in [-0.1, -0.05) is 6.07 Å². The third kappa shape index (κ3) is 3.03. The van der Waals surface area contributed by atoms with Gasteiger partial charge in [0.1, 0.15) is 0 Å². The average Bonchev–Trinajstić information content (AvgIpc) is 2.27. The Labute approximate surface area is 95.8 Å². The quantitative estimate of drug-likeness (QED) is 0.771. The van der Waals surface area contributed by atoms with Crippen LogP contribution < -0.4 is 5.73 Å². The number of nitrogens with zero attached hydrogens (tertiary/aromatic N) is 1. The van der Waals surface area contributed by atoms with Crippen LogP contribution >= 0.6 is 0 Å². The molecule has 0 saturated heterocycles. The molecule has 0 aliphatic rings. The molecule has 0 amide bonds. The molecule has 2 N–H and O–H groups in total. The van der Waals surface area contributed by atoms with Crippen molar-refractivity contribution >= 4 is 5.97 Å². The number of pyridine rings is 1. The van der Waals surface area contributed by atoms with Gasteiger partial charge in [0.2, 0.25) is 0 Å². The molecule has 1 unspecified atom stereocenters. The largest absolute Gasteiger partial charge is 0.469 e. The maximum atomic E-state index is 11.4. The molecule has 0 aliphatic heterocycles. The van der Waals surface area contributed by atoms with E-state index in [0.717, 1.165) is 17.0 Å². The van der Waals surface area contributed by atoms with Gasteiger partial charge in [-0.3, -0.25) is 9.78 Å². The zero-order valence-corrected chi connectivity index (χ0v) is 9.99. The van der Waals surface area contributed by atoms with E-state index in [-0.39, 0.29) is 11.9 Å². The number of esters is 1. The van der Waals surface area contributed by atoms with Crippen LogP contribution in [0.15, 0.2) is 12.1 Å². The molecule has 0 fully saturated rings. The van der Waals surface area contributed by atoms with Gasteiger partial charge in [0, 0.05) is 17.9 Å². The zero-order valence-electron chi connectivity index (χ0n) is 9.99. The highest BCUT2D eigenvalue weighted by Crippen LogP contribution is 2.13. The van der Waals surface area contributed by atoms with Crippen molar-refractivity contribution in [3.05, 3.63) is 29.1 Å². The van der Waals surface area contributed by atoms with Crippen molar-refractivity contribution in [1.82, 2.24) is 4.98 Å². The van der Waals surface area contributed by atoms with Gasteiger partial charge in [-0.25, -0.2) is 0 Å². The monoisotopic (exact) mass is 222 g/mol. The molecule has 4 nitrogen and oxygen atoms in total. The normalized spacial score (nSPS) is 12.2. The number of carbonyl (C=O) groups is 1. The van der Waals surface area contributed by atoms with E-state index in [1.807, 2.05) is 26.0 Å². The first kappa shape index (κ1) is 12.6. The zero-order chi connectivity index (χ0) is 12.1. The molecule has 1 atom stereocenters. The van der Waals surface area contributed by atoms with Crippen molar-refractivity contribution in [2.24, 2.45) is 11.7 Å². The summed E-state index contributed by atoms with van der Waals surface area (Å²) in [5.41, 5.74) is 8.53. The smallest absolute Gasteiger partial charge is 0.310 e. The second-order valence-electron chi connectivity index (χ2n) is 3.86. The highest BCUT2D eigenvalue weighted by atomic mass is 16.5. The van der Waals surface area contributed by atoms with E-state index >= 15 is 0 Å². The first-order valence-electron chi connectivity index (χ1n) is 5.29. The Morgan fingerprint density at radius 2 is 2.19 bits per heavy atom. The maximum absolute atomic E-state index is 11.4. The Hall–Kier alpha value is -1.42. The number of hydrogen-bond donors (Lipinski definition) is 1. The van der Waals surface area contributed by atoms with E-state index in [0.29, 0.717) is 13.0 Å². The van der Waals surface area contributed by atoms with Crippen molar-refractivity contribution < 1.29 is 9.53 Å². The molecule has 16 heavy (non-hydrogen) atoms. The molecule has 0 spiro atoms. The van der Waals surface area contributed by atoms with E-state index in [1.54, 1.807) is 0 Å². The summed E-state index contributed by atoms with van der Waals surface area (Å²) in [7, 11) is 1.38. The SMILES string of the molecule is COC(=O)C(CN)Cc1ccc(C)nc1C. The summed E-state index contributed by atoms with van der Waals surface area (Å²) >= 11 is 0. The highest BCUT2D eigenvalue weighted by molar-refractivity contribution is 5.73. The number of ether oxygens (including phenoxy) is 1. The van der Waals surface area contributed by atoms with Crippen molar-refractivity contribution in [1.29, 1.82) is 0 Å². The number of methoxy groups -OCH3 is 1. The number of aromatic nitrogens is 1. The first-order valence-corrected chi connectivity index (χ1v) is 5.29. The van der Waals surface area contributed by atoms with Crippen LogP contribution in [0.2, 0.25) is 0 Å². The molecule has 0 aliphatic carbocycles. The predicted octanol–water partition coefficient (Wildman–Crippen LogP) is 0.989. The minimum atomic E-state index is -0.284. The highest BCUT2D eigenvalue weighted by Gasteiger charge is 2.18.